The number of amides is 1. The molecule has 1 unspecified atom stereocenters. The number of aromatic nitrogens is 1. The largest absolute Gasteiger partial charge is 0.467 e. The summed E-state index contributed by atoms with van der Waals surface area (Å²) in [5.74, 6) is -0.761. The summed E-state index contributed by atoms with van der Waals surface area (Å²) in [4.78, 5) is 25.3. The van der Waals surface area contributed by atoms with Gasteiger partial charge in [0.2, 0.25) is 0 Å². The number of likely N-dealkylation sites (tertiary alicyclic amines) is 1. The molecular formula is C12H16N2O4. The number of aryl methyl sites for hydroxylation is 1. The van der Waals surface area contributed by atoms with Gasteiger partial charge in [-0.3, -0.25) is 4.79 Å². The van der Waals surface area contributed by atoms with Crippen LogP contribution >= 0.6 is 0 Å². The van der Waals surface area contributed by atoms with Gasteiger partial charge < -0.3 is 19.3 Å². The number of rotatable bonds is 2. The smallest absolute Gasteiger partial charge is 0.328 e. The van der Waals surface area contributed by atoms with E-state index in [1.807, 2.05) is 0 Å². The third kappa shape index (κ3) is 2.11. The van der Waals surface area contributed by atoms with E-state index in [9.17, 15) is 14.7 Å². The SMILES string of the molecule is COC(=O)C1C[C@@H](O)CN1C(=O)c1cccn1C. The molecule has 6 heteroatoms. The van der Waals surface area contributed by atoms with Crippen molar-refractivity contribution in [1.29, 1.82) is 0 Å². The second-order valence-corrected chi connectivity index (χ2v) is 4.39. The average molecular weight is 252 g/mol. The van der Waals surface area contributed by atoms with Gasteiger partial charge in [-0.25, -0.2) is 4.79 Å². The molecule has 1 N–H and O–H groups in total. The van der Waals surface area contributed by atoms with Crippen molar-refractivity contribution in [1.82, 2.24) is 9.47 Å². The minimum Gasteiger partial charge on any atom is -0.467 e. The molecule has 98 valence electrons. The van der Waals surface area contributed by atoms with Crippen LogP contribution in [-0.4, -0.2) is 52.3 Å². The second kappa shape index (κ2) is 4.81. The van der Waals surface area contributed by atoms with Gasteiger partial charge >= 0.3 is 5.97 Å². The number of aliphatic hydroxyl groups is 1. The van der Waals surface area contributed by atoms with Crippen molar-refractivity contribution < 1.29 is 19.4 Å². The van der Waals surface area contributed by atoms with Gasteiger partial charge in [0.05, 0.1) is 13.2 Å². The Bertz CT molecular complexity index is 468. The van der Waals surface area contributed by atoms with Gasteiger partial charge in [-0.2, -0.15) is 0 Å². The molecular weight excluding hydrogens is 236 g/mol. The van der Waals surface area contributed by atoms with Crippen molar-refractivity contribution >= 4 is 11.9 Å². The molecule has 1 aromatic heterocycles. The van der Waals surface area contributed by atoms with Gasteiger partial charge in [0.15, 0.2) is 0 Å². The first-order chi connectivity index (χ1) is 8.54. The monoisotopic (exact) mass is 252 g/mol. The van der Waals surface area contributed by atoms with Crippen LogP contribution in [0.2, 0.25) is 0 Å². The third-order valence-corrected chi connectivity index (χ3v) is 3.18. The Hall–Kier alpha value is -1.82. The minimum atomic E-state index is -0.701. The Balaban J connectivity index is 2.23. The first kappa shape index (κ1) is 12.6. The zero-order valence-electron chi connectivity index (χ0n) is 10.4. The lowest BCUT2D eigenvalue weighted by Crippen LogP contribution is -2.41. The Kier molecular flexibility index (Phi) is 3.38. The molecule has 1 aromatic rings. The Morgan fingerprint density at radius 2 is 2.22 bits per heavy atom. The number of nitrogens with zero attached hydrogens (tertiary/aromatic N) is 2. The number of carbonyl (C=O) groups excluding carboxylic acids is 2. The Labute approximate surface area is 105 Å². The number of ether oxygens (including phenoxy) is 1. The number of carbonyl (C=O) groups is 2. The van der Waals surface area contributed by atoms with Crippen LogP contribution in [0.5, 0.6) is 0 Å². The number of methoxy groups -OCH3 is 1. The summed E-state index contributed by atoms with van der Waals surface area (Å²) in [6, 6.07) is 2.74. The standard InChI is InChI=1S/C12H16N2O4/c1-13-5-3-4-9(13)11(16)14-7-8(15)6-10(14)12(17)18-2/h3-5,8,10,15H,6-7H2,1-2H3/t8-,10?/m1/s1. The number of β-amino-alcohol motifs (C(OH)–C–C–N with tert-alkyl or cyclic N) is 1. The number of hydrogen-bond acceptors (Lipinski definition) is 4. The molecule has 1 aliphatic heterocycles. The van der Waals surface area contributed by atoms with Gasteiger partial charge in [-0.15, -0.1) is 0 Å². The van der Waals surface area contributed by atoms with Crippen molar-refractivity contribution in [2.45, 2.75) is 18.6 Å². The van der Waals surface area contributed by atoms with Crippen LogP contribution in [0.25, 0.3) is 0 Å². The summed E-state index contributed by atoms with van der Waals surface area (Å²) >= 11 is 0. The summed E-state index contributed by atoms with van der Waals surface area (Å²) < 4.78 is 6.34. The molecule has 0 bridgehead atoms. The fourth-order valence-corrected chi connectivity index (χ4v) is 2.23. The number of hydrogen-bond donors (Lipinski definition) is 1. The van der Waals surface area contributed by atoms with Crippen LogP contribution in [0.3, 0.4) is 0 Å². The van der Waals surface area contributed by atoms with Gasteiger partial charge in [0.25, 0.3) is 5.91 Å². The maximum atomic E-state index is 12.3. The summed E-state index contributed by atoms with van der Waals surface area (Å²) in [5, 5.41) is 9.62. The van der Waals surface area contributed by atoms with E-state index in [0.717, 1.165) is 0 Å². The van der Waals surface area contributed by atoms with Crippen LogP contribution in [0.1, 0.15) is 16.9 Å². The fraction of sp³-hybridized carbons (Fsp3) is 0.500. The molecule has 2 rings (SSSR count). The predicted molar refractivity (Wildman–Crippen MR) is 62.9 cm³/mol. The van der Waals surface area contributed by atoms with Crippen molar-refractivity contribution in [3.63, 3.8) is 0 Å². The zero-order chi connectivity index (χ0) is 13.3. The molecule has 1 saturated heterocycles. The molecule has 0 radical (unpaired) electrons. The van der Waals surface area contributed by atoms with E-state index in [1.54, 1.807) is 29.9 Å². The third-order valence-electron chi connectivity index (χ3n) is 3.18. The molecule has 0 spiro atoms. The minimum absolute atomic E-state index is 0.157. The highest BCUT2D eigenvalue weighted by molar-refractivity contribution is 5.96. The van der Waals surface area contributed by atoms with Gasteiger partial charge in [-0.1, -0.05) is 0 Å². The lowest BCUT2D eigenvalue weighted by atomic mass is 10.2. The molecule has 0 saturated carbocycles. The molecule has 1 fully saturated rings. The molecule has 0 aromatic carbocycles. The second-order valence-electron chi connectivity index (χ2n) is 4.39. The van der Waals surface area contributed by atoms with Crippen LogP contribution < -0.4 is 0 Å². The summed E-state index contributed by atoms with van der Waals surface area (Å²) in [5.41, 5.74) is 0.484. The molecule has 2 atom stereocenters. The quantitative estimate of drug-likeness (QED) is 0.738. The van der Waals surface area contributed by atoms with Crippen molar-refractivity contribution in [2.24, 2.45) is 7.05 Å². The predicted octanol–water partition coefficient (Wildman–Crippen LogP) is -0.227. The summed E-state index contributed by atoms with van der Waals surface area (Å²) in [6.45, 7) is 0.157. The lowest BCUT2D eigenvalue weighted by Gasteiger charge is -2.22. The molecule has 6 nitrogen and oxygen atoms in total. The van der Waals surface area contributed by atoms with Gasteiger partial charge in [-0.05, 0) is 12.1 Å². The summed E-state index contributed by atoms with van der Waals surface area (Å²) in [7, 11) is 3.03. The highest BCUT2D eigenvalue weighted by Crippen LogP contribution is 2.21. The fourth-order valence-electron chi connectivity index (χ4n) is 2.23. The van der Waals surface area contributed by atoms with Crippen LogP contribution in [0, 0.1) is 0 Å². The van der Waals surface area contributed by atoms with Crippen molar-refractivity contribution in [3.8, 4) is 0 Å². The molecule has 18 heavy (non-hydrogen) atoms. The first-order valence-electron chi connectivity index (χ1n) is 5.72. The van der Waals surface area contributed by atoms with Gasteiger partial charge in [0, 0.05) is 26.2 Å². The topological polar surface area (TPSA) is 71.8 Å². The van der Waals surface area contributed by atoms with E-state index in [0.29, 0.717) is 5.69 Å². The van der Waals surface area contributed by atoms with E-state index in [-0.39, 0.29) is 18.9 Å². The lowest BCUT2D eigenvalue weighted by molar-refractivity contribution is -0.145. The molecule has 1 aliphatic rings. The van der Waals surface area contributed by atoms with E-state index < -0.39 is 18.1 Å². The molecule has 1 amide bonds. The van der Waals surface area contributed by atoms with Crippen molar-refractivity contribution in [2.75, 3.05) is 13.7 Å². The molecule has 2 heterocycles. The maximum absolute atomic E-state index is 12.3. The highest BCUT2D eigenvalue weighted by Gasteiger charge is 2.40. The van der Waals surface area contributed by atoms with Crippen LogP contribution in [0.4, 0.5) is 0 Å². The first-order valence-corrected chi connectivity index (χ1v) is 5.72. The van der Waals surface area contributed by atoms with E-state index in [2.05, 4.69) is 4.74 Å². The van der Waals surface area contributed by atoms with E-state index in [1.165, 1.54) is 12.0 Å². The van der Waals surface area contributed by atoms with Gasteiger partial charge in [0.1, 0.15) is 11.7 Å². The van der Waals surface area contributed by atoms with Crippen molar-refractivity contribution in [3.05, 3.63) is 24.0 Å². The normalized spacial score (nSPS) is 23.2. The van der Waals surface area contributed by atoms with Crippen LogP contribution in [-0.2, 0) is 16.6 Å². The zero-order valence-corrected chi connectivity index (χ0v) is 10.4. The maximum Gasteiger partial charge on any atom is 0.328 e. The van der Waals surface area contributed by atoms with E-state index >= 15 is 0 Å². The Morgan fingerprint density at radius 3 is 2.78 bits per heavy atom. The number of esters is 1. The number of aliphatic hydroxyl groups excluding tert-OH is 1. The summed E-state index contributed by atoms with van der Waals surface area (Å²) in [6.07, 6.45) is 1.30. The van der Waals surface area contributed by atoms with Crippen LogP contribution in [0.15, 0.2) is 18.3 Å². The molecule has 0 aliphatic carbocycles. The highest BCUT2D eigenvalue weighted by atomic mass is 16.5. The Morgan fingerprint density at radius 1 is 1.50 bits per heavy atom. The average Bonchev–Trinajstić information content (AvgIpc) is 2.93. The van der Waals surface area contributed by atoms with E-state index in [4.69, 9.17) is 0 Å².